The Labute approximate surface area is 257 Å². The Morgan fingerprint density at radius 3 is 2.11 bits per heavy atom. The van der Waals surface area contributed by atoms with Gasteiger partial charge in [-0.3, -0.25) is 0 Å². The zero-order valence-electron chi connectivity index (χ0n) is 24.1. The van der Waals surface area contributed by atoms with Crippen molar-refractivity contribution in [3.63, 3.8) is 0 Å². The van der Waals surface area contributed by atoms with Gasteiger partial charge in [-0.05, 0) is 82.6 Å². The molecule has 0 radical (unpaired) electrons. The second-order valence-corrected chi connectivity index (χ2v) is 11.6. The molecule has 0 N–H and O–H groups in total. The minimum Gasteiger partial charge on any atom is -0.456 e. The summed E-state index contributed by atoms with van der Waals surface area (Å²) in [5, 5.41) is 7.01. The minimum atomic E-state index is 0.589. The number of aromatic nitrogens is 2. The van der Waals surface area contributed by atoms with Gasteiger partial charge in [0.2, 0.25) is 5.89 Å². The van der Waals surface area contributed by atoms with Crippen molar-refractivity contribution in [3.05, 3.63) is 146 Å². The molecule has 210 valence electrons. The molecule has 3 aromatic heterocycles. The van der Waals surface area contributed by atoms with Crippen LogP contribution in [-0.2, 0) is 0 Å². The van der Waals surface area contributed by atoms with Gasteiger partial charge < -0.3 is 13.4 Å². The highest BCUT2D eigenvalue weighted by Crippen LogP contribution is 2.40. The lowest BCUT2D eigenvalue weighted by atomic mass is 10.0. The van der Waals surface area contributed by atoms with Crippen LogP contribution >= 0.6 is 0 Å². The Hall–Kier alpha value is -6.13. The highest BCUT2D eigenvalue weighted by atomic mass is 16.4. The number of oxazole rings is 1. The molecule has 4 heteroatoms. The molecule has 10 aromatic rings. The largest absolute Gasteiger partial charge is 0.456 e. The molecule has 0 aliphatic heterocycles. The lowest BCUT2D eigenvalue weighted by molar-refractivity contribution is 0.622. The van der Waals surface area contributed by atoms with Crippen LogP contribution in [0.3, 0.4) is 0 Å². The summed E-state index contributed by atoms with van der Waals surface area (Å²) in [4.78, 5) is 4.91. The minimum absolute atomic E-state index is 0.589. The van der Waals surface area contributed by atoms with Gasteiger partial charge in [0.15, 0.2) is 5.58 Å². The number of hydrogen-bond donors (Lipinski definition) is 0. The summed E-state index contributed by atoms with van der Waals surface area (Å²) in [6, 6.07) is 50.9. The third kappa shape index (κ3) is 3.57. The predicted molar refractivity (Wildman–Crippen MR) is 184 cm³/mol. The summed E-state index contributed by atoms with van der Waals surface area (Å²) in [6.07, 6.45) is 0. The lowest BCUT2D eigenvalue weighted by Crippen LogP contribution is -1.93. The van der Waals surface area contributed by atoms with Gasteiger partial charge >= 0.3 is 0 Å². The zero-order valence-corrected chi connectivity index (χ0v) is 24.1. The fourth-order valence-corrected chi connectivity index (χ4v) is 6.95. The Balaban J connectivity index is 1.11. The van der Waals surface area contributed by atoms with E-state index in [2.05, 4.69) is 126 Å². The second-order valence-electron chi connectivity index (χ2n) is 11.6. The van der Waals surface area contributed by atoms with Crippen molar-refractivity contribution >= 4 is 65.6 Å². The molecular formula is C41H24N2O2. The third-order valence-electron chi connectivity index (χ3n) is 9.03. The average molecular weight is 577 g/mol. The van der Waals surface area contributed by atoms with Gasteiger partial charge in [0, 0.05) is 27.4 Å². The van der Waals surface area contributed by atoms with Crippen LogP contribution in [0.15, 0.2) is 154 Å². The molecule has 4 nitrogen and oxygen atoms in total. The quantitative estimate of drug-likeness (QED) is 0.210. The third-order valence-corrected chi connectivity index (χ3v) is 9.03. The number of furan rings is 1. The molecule has 3 heterocycles. The van der Waals surface area contributed by atoms with Gasteiger partial charge in [0.05, 0.1) is 16.4 Å². The standard InChI is InChI=1S/C41H24N2O2/c1-2-8-25(9-3-1)28-17-22-36-32(24-28)39-37(44-36)23-20-33-40(39)45-41(42-33)27-14-18-29(19-15-27)43-34-13-7-6-12-31(34)38-30-11-5-4-10-26(30)16-21-35(38)43/h1-24H. The number of nitrogens with zero attached hydrogens (tertiary/aromatic N) is 2. The fourth-order valence-electron chi connectivity index (χ4n) is 6.95. The highest BCUT2D eigenvalue weighted by molar-refractivity contribution is 6.21. The smallest absolute Gasteiger partial charge is 0.227 e. The van der Waals surface area contributed by atoms with Crippen LogP contribution in [0.25, 0.3) is 93.9 Å². The molecule has 45 heavy (non-hydrogen) atoms. The number of fused-ring (bicyclic) bond motifs is 10. The summed E-state index contributed by atoms with van der Waals surface area (Å²) in [7, 11) is 0. The second kappa shape index (κ2) is 9.18. The van der Waals surface area contributed by atoms with Gasteiger partial charge in [-0.25, -0.2) is 4.98 Å². The summed E-state index contributed by atoms with van der Waals surface area (Å²) < 4.78 is 15.1. The van der Waals surface area contributed by atoms with E-state index in [0.717, 1.165) is 55.4 Å². The zero-order chi connectivity index (χ0) is 29.5. The molecule has 0 aliphatic carbocycles. The topological polar surface area (TPSA) is 44.1 Å². The first-order chi connectivity index (χ1) is 22.3. The molecule has 10 rings (SSSR count). The van der Waals surface area contributed by atoms with Crippen molar-refractivity contribution in [1.82, 2.24) is 9.55 Å². The first-order valence-corrected chi connectivity index (χ1v) is 15.1. The van der Waals surface area contributed by atoms with E-state index in [1.165, 1.54) is 32.6 Å². The SMILES string of the molecule is c1ccc(-c2ccc3oc4ccc5nc(-c6ccc(-n7c8ccccc8c8c9ccccc9ccc87)cc6)oc5c4c3c2)cc1. The summed E-state index contributed by atoms with van der Waals surface area (Å²) in [6.45, 7) is 0. The van der Waals surface area contributed by atoms with Crippen LogP contribution in [0.2, 0.25) is 0 Å². The Morgan fingerprint density at radius 2 is 1.22 bits per heavy atom. The van der Waals surface area contributed by atoms with Gasteiger partial charge in [-0.2, -0.15) is 0 Å². The summed E-state index contributed by atoms with van der Waals surface area (Å²) in [5.41, 5.74) is 9.86. The summed E-state index contributed by atoms with van der Waals surface area (Å²) >= 11 is 0. The van der Waals surface area contributed by atoms with Gasteiger partial charge in [-0.1, -0.05) is 84.9 Å². The van der Waals surface area contributed by atoms with E-state index in [0.29, 0.717) is 5.89 Å². The van der Waals surface area contributed by atoms with Crippen LogP contribution < -0.4 is 0 Å². The van der Waals surface area contributed by atoms with E-state index >= 15 is 0 Å². The summed E-state index contributed by atoms with van der Waals surface area (Å²) in [5.74, 6) is 0.589. The number of rotatable bonds is 3. The van der Waals surface area contributed by atoms with E-state index in [9.17, 15) is 0 Å². The molecule has 0 saturated heterocycles. The van der Waals surface area contributed by atoms with Crippen LogP contribution in [0.1, 0.15) is 0 Å². The number of para-hydroxylation sites is 1. The van der Waals surface area contributed by atoms with Crippen molar-refractivity contribution in [3.8, 4) is 28.3 Å². The normalized spacial score (nSPS) is 12.0. The maximum Gasteiger partial charge on any atom is 0.227 e. The van der Waals surface area contributed by atoms with Crippen LogP contribution in [0.5, 0.6) is 0 Å². The van der Waals surface area contributed by atoms with Gasteiger partial charge in [0.1, 0.15) is 16.7 Å². The molecule has 0 fully saturated rings. The monoisotopic (exact) mass is 576 g/mol. The maximum absolute atomic E-state index is 6.52. The maximum atomic E-state index is 6.52. The molecule has 0 amide bonds. The Bertz CT molecular complexity index is 2750. The van der Waals surface area contributed by atoms with Crippen molar-refractivity contribution < 1.29 is 8.83 Å². The van der Waals surface area contributed by atoms with E-state index < -0.39 is 0 Å². The van der Waals surface area contributed by atoms with E-state index in [4.69, 9.17) is 13.8 Å². The predicted octanol–water partition coefficient (Wildman–Crippen LogP) is 11.3. The molecule has 0 unspecified atom stereocenters. The van der Waals surface area contributed by atoms with Crippen LogP contribution in [0.4, 0.5) is 0 Å². The molecule has 7 aromatic carbocycles. The molecule has 0 spiro atoms. The molecule has 0 saturated carbocycles. The van der Waals surface area contributed by atoms with Crippen molar-refractivity contribution in [2.45, 2.75) is 0 Å². The van der Waals surface area contributed by atoms with E-state index in [1.807, 2.05) is 24.3 Å². The van der Waals surface area contributed by atoms with E-state index in [-0.39, 0.29) is 0 Å². The average Bonchev–Trinajstić information content (AvgIpc) is 3.80. The molecule has 0 bridgehead atoms. The van der Waals surface area contributed by atoms with Crippen molar-refractivity contribution in [2.24, 2.45) is 0 Å². The first kappa shape index (κ1) is 24.3. The first-order valence-electron chi connectivity index (χ1n) is 15.1. The lowest BCUT2D eigenvalue weighted by Gasteiger charge is -2.09. The van der Waals surface area contributed by atoms with Crippen molar-refractivity contribution in [2.75, 3.05) is 0 Å². The van der Waals surface area contributed by atoms with Crippen LogP contribution in [-0.4, -0.2) is 9.55 Å². The molecule has 0 aliphatic rings. The Morgan fingerprint density at radius 1 is 0.467 bits per heavy atom. The molecular weight excluding hydrogens is 552 g/mol. The number of hydrogen-bond acceptors (Lipinski definition) is 3. The van der Waals surface area contributed by atoms with Crippen molar-refractivity contribution in [1.29, 1.82) is 0 Å². The highest BCUT2D eigenvalue weighted by Gasteiger charge is 2.18. The number of benzene rings is 7. The van der Waals surface area contributed by atoms with E-state index in [1.54, 1.807) is 0 Å². The molecule has 0 atom stereocenters. The van der Waals surface area contributed by atoms with Crippen LogP contribution in [0, 0.1) is 0 Å². The van der Waals surface area contributed by atoms with Gasteiger partial charge in [0.25, 0.3) is 0 Å². The Kier molecular flexibility index (Phi) is 4.96. The van der Waals surface area contributed by atoms with Gasteiger partial charge in [-0.15, -0.1) is 0 Å². The fraction of sp³-hybridized carbons (Fsp3) is 0.